The van der Waals surface area contributed by atoms with Gasteiger partial charge in [-0.3, -0.25) is 0 Å². The van der Waals surface area contributed by atoms with Gasteiger partial charge < -0.3 is 10.3 Å². The van der Waals surface area contributed by atoms with Gasteiger partial charge in [0.25, 0.3) is 0 Å². The number of benzene rings is 1. The lowest BCUT2D eigenvalue weighted by atomic mass is 10.0. The van der Waals surface area contributed by atoms with Crippen molar-refractivity contribution in [3.05, 3.63) is 28.0 Å². The topological polar surface area (TPSA) is 40.7 Å². The molecule has 0 bridgehead atoms. The van der Waals surface area contributed by atoms with E-state index in [2.05, 4.69) is 45.3 Å². The molecule has 1 fully saturated rings. The smallest absolute Gasteiger partial charge is 0.107 e. The predicted molar refractivity (Wildman–Crippen MR) is 82.5 cm³/mol. The number of nitrogens with one attached hydrogen (secondary N) is 2. The first-order valence-corrected chi connectivity index (χ1v) is 7.90. The van der Waals surface area contributed by atoms with Crippen LogP contribution in [0.2, 0.25) is 0 Å². The number of imidazole rings is 1. The summed E-state index contributed by atoms with van der Waals surface area (Å²) in [5.41, 5.74) is 3.47. The van der Waals surface area contributed by atoms with Crippen molar-refractivity contribution in [2.75, 3.05) is 6.54 Å². The highest BCUT2D eigenvalue weighted by atomic mass is 79.9. The Kier molecular flexibility index (Phi) is 3.89. The lowest BCUT2D eigenvalue weighted by molar-refractivity contribution is 0.381. The van der Waals surface area contributed by atoms with Crippen LogP contribution in [0.15, 0.2) is 16.6 Å². The molecular weight excluding hydrogens is 302 g/mol. The molecule has 0 aliphatic carbocycles. The molecule has 19 heavy (non-hydrogen) atoms. The van der Waals surface area contributed by atoms with Gasteiger partial charge in [0, 0.05) is 16.9 Å². The molecule has 102 valence electrons. The van der Waals surface area contributed by atoms with Crippen LogP contribution in [0.25, 0.3) is 11.0 Å². The minimum atomic E-state index is 0.676. The van der Waals surface area contributed by atoms with Gasteiger partial charge in [-0.15, -0.1) is 0 Å². The van der Waals surface area contributed by atoms with Gasteiger partial charge in [-0.2, -0.15) is 0 Å². The van der Waals surface area contributed by atoms with E-state index in [9.17, 15) is 0 Å². The fourth-order valence-corrected chi connectivity index (χ4v) is 3.47. The Morgan fingerprint density at radius 1 is 1.37 bits per heavy atom. The van der Waals surface area contributed by atoms with E-state index >= 15 is 0 Å². The highest BCUT2D eigenvalue weighted by Gasteiger charge is 2.13. The van der Waals surface area contributed by atoms with Gasteiger partial charge >= 0.3 is 0 Å². The van der Waals surface area contributed by atoms with Crippen LogP contribution >= 0.6 is 15.9 Å². The molecule has 2 heterocycles. The van der Waals surface area contributed by atoms with Crippen LogP contribution < -0.4 is 5.32 Å². The molecule has 0 saturated carbocycles. The summed E-state index contributed by atoms with van der Waals surface area (Å²) in [6.07, 6.45) is 6.21. The fraction of sp³-hybridized carbons (Fsp3) is 0.533. The Morgan fingerprint density at radius 2 is 2.26 bits per heavy atom. The molecule has 4 heteroatoms. The number of aromatic nitrogens is 2. The molecule has 1 aromatic carbocycles. The number of rotatable bonds is 3. The zero-order valence-electron chi connectivity index (χ0n) is 11.3. The van der Waals surface area contributed by atoms with Crippen molar-refractivity contribution >= 4 is 27.0 Å². The van der Waals surface area contributed by atoms with E-state index in [-0.39, 0.29) is 0 Å². The van der Waals surface area contributed by atoms with E-state index in [1.165, 1.54) is 37.8 Å². The number of H-pyrrole nitrogens is 1. The Bertz CT molecular complexity index is 570. The summed E-state index contributed by atoms with van der Waals surface area (Å²) < 4.78 is 1.11. The maximum Gasteiger partial charge on any atom is 0.107 e. The van der Waals surface area contributed by atoms with Gasteiger partial charge in [-0.25, -0.2) is 4.98 Å². The van der Waals surface area contributed by atoms with Crippen molar-refractivity contribution in [2.45, 2.75) is 45.1 Å². The summed E-state index contributed by atoms with van der Waals surface area (Å²) in [5.74, 6) is 1.11. The minimum Gasteiger partial charge on any atom is -0.342 e. The molecule has 0 spiro atoms. The van der Waals surface area contributed by atoms with E-state index in [0.29, 0.717) is 6.04 Å². The van der Waals surface area contributed by atoms with E-state index in [1.54, 1.807) is 0 Å². The summed E-state index contributed by atoms with van der Waals surface area (Å²) in [5, 5.41) is 3.59. The van der Waals surface area contributed by atoms with E-state index in [4.69, 9.17) is 4.98 Å². The molecule has 1 unspecified atom stereocenters. The van der Waals surface area contributed by atoms with Crippen LogP contribution in [0.1, 0.15) is 37.1 Å². The molecule has 1 atom stereocenters. The Morgan fingerprint density at radius 3 is 3.05 bits per heavy atom. The molecule has 3 rings (SSSR count). The van der Waals surface area contributed by atoms with Gasteiger partial charge in [0.05, 0.1) is 11.0 Å². The van der Waals surface area contributed by atoms with Crippen LogP contribution in [0.4, 0.5) is 0 Å². The van der Waals surface area contributed by atoms with Crippen molar-refractivity contribution < 1.29 is 0 Å². The largest absolute Gasteiger partial charge is 0.342 e. The third-order valence-electron chi connectivity index (χ3n) is 3.93. The molecule has 0 amide bonds. The maximum atomic E-state index is 4.73. The molecule has 1 aliphatic heterocycles. The highest BCUT2D eigenvalue weighted by molar-refractivity contribution is 9.10. The number of aryl methyl sites for hydroxylation is 2. The first-order valence-electron chi connectivity index (χ1n) is 7.10. The second-order valence-electron chi connectivity index (χ2n) is 5.49. The van der Waals surface area contributed by atoms with Gasteiger partial charge in [0.15, 0.2) is 0 Å². The van der Waals surface area contributed by atoms with Crippen molar-refractivity contribution in [1.82, 2.24) is 15.3 Å². The number of nitrogens with zero attached hydrogens (tertiary/aromatic N) is 1. The van der Waals surface area contributed by atoms with Gasteiger partial charge in [0.2, 0.25) is 0 Å². The number of aromatic amines is 1. The number of halogens is 1. The third kappa shape index (κ3) is 3.00. The Labute approximate surface area is 122 Å². The summed E-state index contributed by atoms with van der Waals surface area (Å²) in [6.45, 7) is 3.29. The highest BCUT2D eigenvalue weighted by Crippen LogP contribution is 2.22. The molecule has 2 aromatic rings. The first-order chi connectivity index (χ1) is 9.22. The van der Waals surface area contributed by atoms with E-state index in [1.807, 2.05) is 0 Å². The second kappa shape index (κ2) is 5.63. The number of fused-ring (bicyclic) bond motifs is 1. The number of hydrogen-bond donors (Lipinski definition) is 2. The Hall–Kier alpha value is -0.870. The van der Waals surface area contributed by atoms with Crippen LogP contribution in [0.3, 0.4) is 0 Å². The van der Waals surface area contributed by atoms with Gasteiger partial charge in [0.1, 0.15) is 5.82 Å². The normalized spacial score (nSPS) is 20.0. The van der Waals surface area contributed by atoms with E-state index in [0.717, 1.165) is 27.8 Å². The predicted octanol–water partition coefficient (Wildman–Crippen LogP) is 3.71. The average molecular weight is 322 g/mol. The zero-order valence-corrected chi connectivity index (χ0v) is 12.9. The quantitative estimate of drug-likeness (QED) is 0.904. The van der Waals surface area contributed by atoms with Crippen LogP contribution in [0.5, 0.6) is 0 Å². The number of hydrogen-bond acceptors (Lipinski definition) is 2. The molecule has 3 nitrogen and oxygen atoms in total. The molecule has 0 radical (unpaired) electrons. The molecule has 2 N–H and O–H groups in total. The monoisotopic (exact) mass is 321 g/mol. The van der Waals surface area contributed by atoms with Crippen LogP contribution in [0, 0.1) is 6.92 Å². The van der Waals surface area contributed by atoms with Crippen LogP contribution in [-0.2, 0) is 6.42 Å². The third-order valence-corrected chi connectivity index (χ3v) is 4.39. The van der Waals surface area contributed by atoms with Crippen molar-refractivity contribution in [1.29, 1.82) is 0 Å². The Balaban J connectivity index is 1.72. The summed E-state index contributed by atoms with van der Waals surface area (Å²) in [7, 11) is 0. The SMILES string of the molecule is Cc1cc(Br)cc2[nH]c(CCC3CCCCN3)nc12. The van der Waals surface area contributed by atoms with Gasteiger partial charge in [-0.1, -0.05) is 22.4 Å². The van der Waals surface area contributed by atoms with Crippen molar-refractivity contribution in [3.8, 4) is 0 Å². The van der Waals surface area contributed by atoms with Gasteiger partial charge in [-0.05, 0) is 50.4 Å². The maximum absolute atomic E-state index is 4.73. The fourth-order valence-electron chi connectivity index (χ4n) is 2.90. The first kappa shape index (κ1) is 13.1. The molecule has 1 aliphatic rings. The van der Waals surface area contributed by atoms with Crippen molar-refractivity contribution in [2.24, 2.45) is 0 Å². The minimum absolute atomic E-state index is 0.676. The molecule has 1 aromatic heterocycles. The van der Waals surface area contributed by atoms with Crippen LogP contribution in [-0.4, -0.2) is 22.6 Å². The summed E-state index contributed by atoms with van der Waals surface area (Å²) >= 11 is 3.54. The lowest BCUT2D eigenvalue weighted by Gasteiger charge is -2.22. The van der Waals surface area contributed by atoms with Crippen molar-refractivity contribution in [3.63, 3.8) is 0 Å². The van der Waals surface area contributed by atoms with E-state index < -0.39 is 0 Å². The summed E-state index contributed by atoms with van der Waals surface area (Å²) in [4.78, 5) is 8.18. The summed E-state index contributed by atoms with van der Waals surface area (Å²) in [6, 6.07) is 4.91. The average Bonchev–Trinajstić information content (AvgIpc) is 2.81. The standard InChI is InChI=1S/C15H20BrN3/c1-10-8-11(16)9-13-15(10)19-14(18-13)6-5-12-4-2-3-7-17-12/h8-9,12,17H,2-7H2,1H3,(H,18,19). The number of piperidine rings is 1. The second-order valence-corrected chi connectivity index (χ2v) is 6.40. The lowest BCUT2D eigenvalue weighted by Crippen LogP contribution is -2.34. The molecular formula is C15H20BrN3. The zero-order chi connectivity index (χ0) is 13.2. The molecule has 1 saturated heterocycles.